The van der Waals surface area contributed by atoms with E-state index in [4.69, 9.17) is 18.9 Å². The van der Waals surface area contributed by atoms with Gasteiger partial charge < -0.3 is 24.3 Å². The number of benzene rings is 1. The average molecular weight is 403 g/mol. The number of hydrogen-bond donors (Lipinski definition) is 1. The van der Waals surface area contributed by atoms with Gasteiger partial charge in [-0.3, -0.25) is 4.79 Å². The Morgan fingerprint density at radius 3 is 1.86 bits per heavy atom. The summed E-state index contributed by atoms with van der Waals surface area (Å²) in [4.78, 5) is 37.5. The lowest BCUT2D eigenvalue weighted by molar-refractivity contribution is -0.151. The molecule has 0 aliphatic carbocycles. The van der Waals surface area contributed by atoms with Crippen molar-refractivity contribution in [1.82, 2.24) is 5.32 Å². The Kier molecular flexibility index (Phi) is 7.41. The number of nitrogens with one attached hydrogen (secondary N) is 1. The van der Waals surface area contributed by atoms with Gasteiger partial charge in [-0.1, -0.05) is 12.1 Å². The lowest BCUT2D eigenvalue weighted by atomic mass is 9.85. The molecule has 0 atom stereocenters. The molecule has 0 unspecified atom stereocenters. The van der Waals surface area contributed by atoms with E-state index in [0.29, 0.717) is 17.8 Å². The first kappa shape index (κ1) is 22.0. The second-order valence-corrected chi connectivity index (χ2v) is 6.38. The van der Waals surface area contributed by atoms with Crippen molar-refractivity contribution in [2.45, 2.75) is 20.3 Å². The van der Waals surface area contributed by atoms with E-state index in [1.165, 1.54) is 14.2 Å². The Labute approximate surface area is 169 Å². The van der Waals surface area contributed by atoms with Crippen LogP contribution in [0.5, 0.6) is 5.75 Å². The number of carbonyl (C=O) groups is 3. The largest absolute Gasteiger partial charge is 0.497 e. The zero-order valence-electron chi connectivity index (χ0n) is 17.2. The number of dihydropyridines is 1. The minimum Gasteiger partial charge on any atom is -0.497 e. The molecule has 1 heterocycles. The topological polar surface area (TPSA) is 100 Å². The Morgan fingerprint density at radius 1 is 0.897 bits per heavy atom. The van der Waals surface area contributed by atoms with Gasteiger partial charge in [0, 0.05) is 17.8 Å². The summed E-state index contributed by atoms with van der Waals surface area (Å²) in [6.45, 7) is 3.33. The van der Waals surface area contributed by atoms with Gasteiger partial charge in [-0.05, 0) is 31.5 Å². The van der Waals surface area contributed by atoms with E-state index in [1.807, 2.05) is 24.3 Å². The standard InChI is InChI=1S/C21H25NO7/c1-12-16(19(23)27-4)18(17(13(2)22-12)20(24)28-5)21(25)29-11-10-14-6-8-15(26-3)9-7-14/h6-9,18,22H,10-11H2,1-5H3. The van der Waals surface area contributed by atoms with Crippen molar-refractivity contribution in [3.05, 3.63) is 52.4 Å². The van der Waals surface area contributed by atoms with E-state index in [9.17, 15) is 14.4 Å². The monoisotopic (exact) mass is 403 g/mol. The Bertz CT molecular complexity index is 814. The highest BCUT2D eigenvalue weighted by atomic mass is 16.5. The Morgan fingerprint density at radius 2 is 1.41 bits per heavy atom. The number of allylic oxidation sites excluding steroid dienone is 2. The van der Waals surface area contributed by atoms with Crippen molar-refractivity contribution >= 4 is 17.9 Å². The molecule has 0 bridgehead atoms. The number of hydrogen-bond acceptors (Lipinski definition) is 8. The van der Waals surface area contributed by atoms with E-state index in [0.717, 1.165) is 11.3 Å². The molecular formula is C21H25NO7. The molecule has 0 fully saturated rings. The fraction of sp³-hybridized carbons (Fsp3) is 0.381. The number of carbonyl (C=O) groups excluding carboxylic acids is 3. The maximum Gasteiger partial charge on any atom is 0.336 e. The molecule has 8 nitrogen and oxygen atoms in total. The van der Waals surface area contributed by atoms with Crippen LogP contribution in [0.2, 0.25) is 0 Å². The first-order valence-electron chi connectivity index (χ1n) is 8.98. The minimum absolute atomic E-state index is 0.0212. The molecule has 1 aliphatic rings. The number of rotatable bonds is 7. The highest BCUT2D eigenvalue weighted by Gasteiger charge is 2.42. The van der Waals surface area contributed by atoms with Crippen molar-refractivity contribution in [2.75, 3.05) is 27.9 Å². The SMILES string of the molecule is COC(=O)C1=C(C)NC(C)=C(C(=O)OC)C1C(=O)OCCc1ccc(OC)cc1. The Hall–Kier alpha value is -3.29. The molecule has 0 radical (unpaired) electrons. The van der Waals surface area contributed by atoms with Crippen LogP contribution < -0.4 is 10.1 Å². The van der Waals surface area contributed by atoms with Gasteiger partial charge in [0.1, 0.15) is 11.7 Å². The summed E-state index contributed by atoms with van der Waals surface area (Å²) >= 11 is 0. The van der Waals surface area contributed by atoms with Crippen molar-refractivity contribution in [3.8, 4) is 5.75 Å². The summed E-state index contributed by atoms with van der Waals surface area (Å²) < 4.78 is 20.1. The summed E-state index contributed by atoms with van der Waals surface area (Å²) in [5.41, 5.74) is 1.82. The highest BCUT2D eigenvalue weighted by Crippen LogP contribution is 2.32. The average Bonchev–Trinajstić information content (AvgIpc) is 2.72. The third-order valence-electron chi connectivity index (χ3n) is 4.60. The maximum atomic E-state index is 12.9. The van der Waals surface area contributed by atoms with Crippen LogP contribution in [0.1, 0.15) is 19.4 Å². The second-order valence-electron chi connectivity index (χ2n) is 6.38. The van der Waals surface area contributed by atoms with Crippen LogP contribution in [0, 0.1) is 5.92 Å². The highest BCUT2D eigenvalue weighted by molar-refractivity contribution is 6.05. The molecule has 29 heavy (non-hydrogen) atoms. The third-order valence-corrected chi connectivity index (χ3v) is 4.60. The van der Waals surface area contributed by atoms with Gasteiger partial charge in [0.15, 0.2) is 0 Å². The number of ether oxygens (including phenoxy) is 4. The molecule has 156 valence electrons. The molecule has 0 aromatic heterocycles. The van der Waals surface area contributed by atoms with Gasteiger partial charge in [0.25, 0.3) is 0 Å². The van der Waals surface area contributed by atoms with Crippen molar-refractivity contribution in [2.24, 2.45) is 5.92 Å². The molecule has 1 aliphatic heterocycles. The molecule has 1 aromatic carbocycles. The summed E-state index contributed by atoms with van der Waals surface area (Å²) in [5, 5.41) is 2.93. The van der Waals surface area contributed by atoms with Crippen LogP contribution in [-0.4, -0.2) is 45.8 Å². The van der Waals surface area contributed by atoms with Crippen LogP contribution in [0.3, 0.4) is 0 Å². The van der Waals surface area contributed by atoms with Crippen LogP contribution in [0.25, 0.3) is 0 Å². The molecule has 1 N–H and O–H groups in total. The molecule has 2 rings (SSSR count). The quantitative estimate of drug-likeness (QED) is 0.544. The molecule has 1 aromatic rings. The van der Waals surface area contributed by atoms with Gasteiger partial charge in [0.05, 0.1) is 39.1 Å². The zero-order valence-corrected chi connectivity index (χ0v) is 17.2. The number of esters is 3. The third kappa shape index (κ3) is 4.96. The normalized spacial score (nSPS) is 14.2. The van der Waals surface area contributed by atoms with E-state index >= 15 is 0 Å². The lowest BCUT2D eigenvalue weighted by Gasteiger charge is -2.28. The van der Waals surface area contributed by atoms with Gasteiger partial charge in [-0.2, -0.15) is 0 Å². The van der Waals surface area contributed by atoms with Crippen LogP contribution in [0.4, 0.5) is 0 Å². The van der Waals surface area contributed by atoms with Gasteiger partial charge in [-0.15, -0.1) is 0 Å². The zero-order chi connectivity index (χ0) is 21.6. The summed E-state index contributed by atoms with van der Waals surface area (Å²) in [7, 11) is 3.99. The van der Waals surface area contributed by atoms with Crippen LogP contribution >= 0.6 is 0 Å². The summed E-state index contributed by atoms with van der Waals surface area (Å²) in [5.74, 6) is -2.67. The van der Waals surface area contributed by atoms with E-state index in [1.54, 1.807) is 21.0 Å². The van der Waals surface area contributed by atoms with Crippen molar-refractivity contribution < 1.29 is 33.3 Å². The van der Waals surface area contributed by atoms with Gasteiger partial charge in [0.2, 0.25) is 0 Å². The number of methoxy groups -OCH3 is 3. The molecule has 0 saturated heterocycles. The van der Waals surface area contributed by atoms with E-state index in [-0.39, 0.29) is 17.8 Å². The van der Waals surface area contributed by atoms with Crippen LogP contribution in [0.15, 0.2) is 46.8 Å². The summed E-state index contributed by atoms with van der Waals surface area (Å²) in [6.07, 6.45) is 0.465. The van der Waals surface area contributed by atoms with Crippen molar-refractivity contribution in [3.63, 3.8) is 0 Å². The smallest absolute Gasteiger partial charge is 0.336 e. The molecule has 0 saturated carbocycles. The molecule has 0 amide bonds. The maximum absolute atomic E-state index is 12.9. The van der Waals surface area contributed by atoms with Crippen LogP contribution in [-0.2, 0) is 35.0 Å². The molecule has 0 spiro atoms. The predicted octanol–water partition coefficient (Wildman–Crippen LogP) is 1.89. The van der Waals surface area contributed by atoms with Gasteiger partial charge >= 0.3 is 17.9 Å². The second kappa shape index (κ2) is 9.77. The molecule has 8 heteroatoms. The fourth-order valence-corrected chi connectivity index (χ4v) is 3.14. The van der Waals surface area contributed by atoms with Gasteiger partial charge in [-0.25, -0.2) is 9.59 Å². The minimum atomic E-state index is -1.23. The lowest BCUT2D eigenvalue weighted by Crippen LogP contribution is -2.38. The summed E-state index contributed by atoms with van der Waals surface area (Å²) in [6, 6.07) is 7.36. The predicted molar refractivity (Wildman–Crippen MR) is 104 cm³/mol. The Balaban J connectivity index is 2.21. The first-order chi connectivity index (χ1) is 13.8. The van der Waals surface area contributed by atoms with Crippen molar-refractivity contribution in [1.29, 1.82) is 0 Å². The first-order valence-corrected chi connectivity index (χ1v) is 8.98. The molecular weight excluding hydrogens is 378 g/mol. The fourth-order valence-electron chi connectivity index (χ4n) is 3.14. The van der Waals surface area contributed by atoms with E-state index < -0.39 is 23.8 Å². The van der Waals surface area contributed by atoms with E-state index in [2.05, 4.69) is 5.32 Å².